The summed E-state index contributed by atoms with van der Waals surface area (Å²) < 4.78 is 9.93. The van der Waals surface area contributed by atoms with Crippen LogP contribution in [0.1, 0.15) is 46.0 Å². The van der Waals surface area contributed by atoms with E-state index >= 15 is 0 Å². The Balaban J connectivity index is 1.43. The summed E-state index contributed by atoms with van der Waals surface area (Å²) in [6.45, 7) is 1.49. The molecule has 1 aliphatic carbocycles. The van der Waals surface area contributed by atoms with Crippen LogP contribution in [0.3, 0.4) is 0 Å². The van der Waals surface area contributed by atoms with Crippen LogP contribution in [0, 0.1) is 6.92 Å². The zero-order chi connectivity index (χ0) is 17.6. The SMILES string of the molecule is Cc1nc(CSCC(=O)OCC(=O)c2ccc3c(c2)CCCC3)no1. The van der Waals surface area contributed by atoms with E-state index in [0.717, 1.165) is 19.3 Å². The van der Waals surface area contributed by atoms with Gasteiger partial charge in [-0.15, -0.1) is 11.8 Å². The smallest absolute Gasteiger partial charge is 0.316 e. The van der Waals surface area contributed by atoms with E-state index in [-0.39, 0.29) is 18.1 Å². The van der Waals surface area contributed by atoms with Crippen molar-refractivity contribution in [2.24, 2.45) is 0 Å². The zero-order valence-corrected chi connectivity index (χ0v) is 14.9. The van der Waals surface area contributed by atoms with Crippen LogP contribution >= 0.6 is 11.8 Å². The van der Waals surface area contributed by atoms with Gasteiger partial charge in [-0.25, -0.2) is 0 Å². The maximum atomic E-state index is 12.2. The molecule has 0 bridgehead atoms. The van der Waals surface area contributed by atoms with Gasteiger partial charge >= 0.3 is 5.97 Å². The number of Topliss-reactive ketones (excluding diaryl/α,β-unsaturated/α-hetero) is 1. The average molecular weight is 360 g/mol. The number of aromatic nitrogens is 2. The van der Waals surface area contributed by atoms with E-state index in [9.17, 15) is 9.59 Å². The summed E-state index contributed by atoms with van der Waals surface area (Å²) in [5.41, 5.74) is 3.19. The summed E-state index contributed by atoms with van der Waals surface area (Å²) in [7, 11) is 0. The molecule has 0 unspecified atom stereocenters. The van der Waals surface area contributed by atoms with Gasteiger partial charge in [0.15, 0.2) is 18.2 Å². The fraction of sp³-hybridized carbons (Fsp3) is 0.444. The molecule has 0 aliphatic heterocycles. The molecule has 0 amide bonds. The molecule has 132 valence electrons. The molecule has 6 nitrogen and oxygen atoms in total. The van der Waals surface area contributed by atoms with E-state index in [0.29, 0.717) is 23.0 Å². The maximum Gasteiger partial charge on any atom is 0.316 e. The summed E-state index contributed by atoms with van der Waals surface area (Å²) >= 11 is 1.32. The summed E-state index contributed by atoms with van der Waals surface area (Å²) in [4.78, 5) is 28.0. The van der Waals surface area contributed by atoms with Crippen LogP contribution in [-0.2, 0) is 28.1 Å². The van der Waals surface area contributed by atoms with Crippen molar-refractivity contribution in [1.82, 2.24) is 10.1 Å². The van der Waals surface area contributed by atoms with E-state index in [4.69, 9.17) is 9.26 Å². The maximum absolute atomic E-state index is 12.2. The van der Waals surface area contributed by atoms with E-state index in [1.54, 1.807) is 6.92 Å². The molecule has 0 saturated heterocycles. The van der Waals surface area contributed by atoms with Gasteiger partial charge in [0.25, 0.3) is 0 Å². The lowest BCUT2D eigenvalue weighted by atomic mass is 9.90. The molecule has 3 rings (SSSR count). The van der Waals surface area contributed by atoms with Crippen LogP contribution in [0.2, 0.25) is 0 Å². The standard InChI is InChI=1S/C18H20N2O4S/c1-12-19-17(20-24-12)10-25-11-18(22)23-9-16(21)15-7-6-13-4-2-3-5-14(13)8-15/h6-8H,2-5,9-11H2,1H3. The third-order valence-electron chi connectivity index (χ3n) is 4.06. The minimum absolute atomic E-state index is 0.144. The van der Waals surface area contributed by atoms with Crippen molar-refractivity contribution >= 4 is 23.5 Å². The third-order valence-corrected chi connectivity index (χ3v) is 4.96. The lowest BCUT2D eigenvalue weighted by Gasteiger charge is -2.16. The summed E-state index contributed by atoms with van der Waals surface area (Å²) in [5.74, 6) is 1.06. The number of esters is 1. The first-order valence-corrected chi connectivity index (χ1v) is 9.45. The van der Waals surface area contributed by atoms with Crippen molar-refractivity contribution in [3.8, 4) is 0 Å². The van der Waals surface area contributed by atoms with Gasteiger partial charge in [-0.2, -0.15) is 4.98 Å². The number of carbonyl (C=O) groups is 2. The molecular formula is C18H20N2O4S. The highest BCUT2D eigenvalue weighted by molar-refractivity contribution is 7.99. The Morgan fingerprint density at radius 3 is 2.80 bits per heavy atom. The van der Waals surface area contributed by atoms with Gasteiger partial charge in [0.1, 0.15) is 0 Å². The molecule has 0 radical (unpaired) electrons. The number of ether oxygens (including phenoxy) is 1. The number of ketones is 1. The highest BCUT2D eigenvalue weighted by atomic mass is 32.2. The number of benzene rings is 1. The number of carbonyl (C=O) groups excluding carboxylic acids is 2. The average Bonchev–Trinajstić information content (AvgIpc) is 3.04. The molecule has 0 N–H and O–H groups in total. The van der Waals surface area contributed by atoms with Gasteiger partial charge in [0.05, 0.1) is 11.5 Å². The number of thioether (sulfide) groups is 1. The van der Waals surface area contributed by atoms with E-state index in [2.05, 4.69) is 10.1 Å². The topological polar surface area (TPSA) is 82.3 Å². The molecule has 1 aromatic heterocycles. The Hall–Kier alpha value is -2.15. The van der Waals surface area contributed by atoms with Crippen molar-refractivity contribution in [3.05, 3.63) is 46.6 Å². The molecule has 1 aromatic carbocycles. The highest BCUT2D eigenvalue weighted by Crippen LogP contribution is 2.22. The number of fused-ring (bicyclic) bond motifs is 1. The molecule has 0 atom stereocenters. The van der Waals surface area contributed by atoms with Gasteiger partial charge in [-0.3, -0.25) is 9.59 Å². The number of nitrogens with zero attached hydrogens (tertiary/aromatic N) is 2. The second-order valence-corrected chi connectivity index (χ2v) is 6.98. The molecule has 25 heavy (non-hydrogen) atoms. The minimum atomic E-state index is -0.420. The Morgan fingerprint density at radius 2 is 2.04 bits per heavy atom. The predicted molar refractivity (Wildman–Crippen MR) is 93.6 cm³/mol. The summed E-state index contributed by atoms with van der Waals surface area (Å²) in [6, 6.07) is 5.79. The third kappa shape index (κ3) is 4.92. The molecule has 1 aliphatic rings. The normalized spacial score (nSPS) is 13.3. The van der Waals surface area contributed by atoms with E-state index in [1.165, 1.54) is 29.3 Å². The highest BCUT2D eigenvalue weighted by Gasteiger charge is 2.14. The van der Waals surface area contributed by atoms with Crippen LogP contribution in [-0.4, -0.2) is 34.3 Å². The first-order chi connectivity index (χ1) is 12.1. The molecule has 0 spiro atoms. The van der Waals surface area contributed by atoms with Crippen LogP contribution in [0.25, 0.3) is 0 Å². The largest absolute Gasteiger partial charge is 0.457 e. The predicted octanol–water partition coefficient (Wildman–Crippen LogP) is 2.92. The molecular weight excluding hydrogens is 340 g/mol. The van der Waals surface area contributed by atoms with Gasteiger partial charge in [-0.05, 0) is 42.9 Å². The van der Waals surface area contributed by atoms with Gasteiger partial charge in [0.2, 0.25) is 5.89 Å². The Morgan fingerprint density at radius 1 is 1.24 bits per heavy atom. The van der Waals surface area contributed by atoms with Crippen molar-refractivity contribution in [1.29, 1.82) is 0 Å². The number of aryl methyl sites for hydroxylation is 3. The first kappa shape index (κ1) is 17.7. The fourth-order valence-electron chi connectivity index (χ4n) is 2.80. The molecule has 7 heteroatoms. The zero-order valence-electron chi connectivity index (χ0n) is 14.1. The molecule has 2 aromatic rings. The van der Waals surface area contributed by atoms with Crippen LogP contribution in [0.5, 0.6) is 0 Å². The lowest BCUT2D eigenvalue weighted by molar-refractivity contribution is -0.139. The lowest BCUT2D eigenvalue weighted by Crippen LogP contribution is -2.16. The van der Waals surface area contributed by atoms with Crippen molar-refractivity contribution in [3.63, 3.8) is 0 Å². The first-order valence-electron chi connectivity index (χ1n) is 8.29. The van der Waals surface area contributed by atoms with Crippen molar-refractivity contribution < 1.29 is 18.8 Å². The summed E-state index contributed by atoms with van der Waals surface area (Å²) in [6.07, 6.45) is 4.47. The van der Waals surface area contributed by atoms with Crippen LogP contribution < -0.4 is 0 Å². The fourth-order valence-corrected chi connectivity index (χ4v) is 3.46. The van der Waals surface area contributed by atoms with Gasteiger partial charge in [-0.1, -0.05) is 17.3 Å². The molecule has 1 heterocycles. The molecule has 0 saturated carbocycles. The minimum Gasteiger partial charge on any atom is -0.457 e. The number of rotatable bonds is 7. The second-order valence-electron chi connectivity index (χ2n) is 6.00. The summed E-state index contributed by atoms with van der Waals surface area (Å²) in [5, 5.41) is 3.75. The van der Waals surface area contributed by atoms with Crippen molar-refractivity contribution in [2.45, 2.75) is 38.4 Å². The van der Waals surface area contributed by atoms with Gasteiger partial charge in [0, 0.05) is 12.5 Å². The van der Waals surface area contributed by atoms with E-state index in [1.807, 2.05) is 18.2 Å². The Labute approximate surface area is 150 Å². The van der Waals surface area contributed by atoms with Crippen molar-refractivity contribution in [2.75, 3.05) is 12.4 Å². The second kappa shape index (κ2) is 8.29. The van der Waals surface area contributed by atoms with Crippen LogP contribution in [0.15, 0.2) is 22.7 Å². The van der Waals surface area contributed by atoms with Crippen LogP contribution in [0.4, 0.5) is 0 Å². The monoisotopic (exact) mass is 360 g/mol. The Bertz CT molecular complexity index is 772. The Kier molecular flexibility index (Phi) is 5.86. The number of hydrogen-bond acceptors (Lipinski definition) is 7. The van der Waals surface area contributed by atoms with E-state index < -0.39 is 5.97 Å². The van der Waals surface area contributed by atoms with Gasteiger partial charge < -0.3 is 9.26 Å². The molecule has 0 fully saturated rings. The quantitative estimate of drug-likeness (QED) is 0.554. The number of hydrogen-bond donors (Lipinski definition) is 0.